The lowest BCUT2D eigenvalue weighted by Crippen LogP contribution is -2.14. The van der Waals surface area contributed by atoms with Crippen LogP contribution in [0.1, 0.15) is 6.42 Å². The van der Waals surface area contributed by atoms with E-state index < -0.39 is 10.7 Å². The molecule has 0 aliphatic carbocycles. The SMILES string of the molecule is N=C(N)CCOc1cc(F)ccc1[N+](=O)[O-]. The number of benzene rings is 1. The standard InChI is InChI=1S/C9H10FN3O3/c10-6-1-2-7(13(14)15)8(5-6)16-4-3-9(11)12/h1-2,5H,3-4H2,(H3,11,12). The Morgan fingerprint density at radius 2 is 2.31 bits per heavy atom. The molecule has 6 nitrogen and oxygen atoms in total. The zero-order valence-electron chi connectivity index (χ0n) is 8.27. The molecule has 3 N–H and O–H groups in total. The number of nitrogens with zero attached hydrogens (tertiary/aromatic N) is 1. The van der Waals surface area contributed by atoms with Crippen molar-refractivity contribution < 1.29 is 14.1 Å². The monoisotopic (exact) mass is 227 g/mol. The van der Waals surface area contributed by atoms with E-state index in [2.05, 4.69) is 0 Å². The van der Waals surface area contributed by atoms with Crippen molar-refractivity contribution in [2.75, 3.05) is 6.61 Å². The van der Waals surface area contributed by atoms with Crippen molar-refractivity contribution in [3.8, 4) is 5.75 Å². The Kier molecular flexibility index (Phi) is 3.76. The molecule has 7 heteroatoms. The van der Waals surface area contributed by atoms with Gasteiger partial charge in [-0.05, 0) is 6.07 Å². The Labute approximate surface area is 90.5 Å². The predicted octanol–water partition coefficient (Wildman–Crippen LogP) is 1.44. The lowest BCUT2D eigenvalue weighted by atomic mass is 10.3. The smallest absolute Gasteiger partial charge is 0.311 e. The zero-order valence-corrected chi connectivity index (χ0v) is 8.27. The number of amidine groups is 1. The molecule has 0 fully saturated rings. The van der Waals surface area contributed by atoms with Crippen LogP contribution >= 0.6 is 0 Å². The van der Waals surface area contributed by atoms with Gasteiger partial charge in [-0.25, -0.2) is 4.39 Å². The van der Waals surface area contributed by atoms with Crippen LogP contribution in [0.25, 0.3) is 0 Å². The molecule has 0 aliphatic heterocycles. The highest BCUT2D eigenvalue weighted by Crippen LogP contribution is 2.27. The number of hydrogen-bond acceptors (Lipinski definition) is 4. The van der Waals surface area contributed by atoms with E-state index >= 15 is 0 Å². The minimum absolute atomic E-state index is 0.000370. The maximum atomic E-state index is 12.8. The fourth-order valence-corrected chi connectivity index (χ4v) is 1.03. The first-order valence-corrected chi connectivity index (χ1v) is 4.40. The average molecular weight is 227 g/mol. The molecule has 0 aliphatic rings. The van der Waals surface area contributed by atoms with E-state index in [9.17, 15) is 14.5 Å². The van der Waals surface area contributed by atoms with Crippen molar-refractivity contribution in [1.29, 1.82) is 5.41 Å². The van der Waals surface area contributed by atoms with Gasteiger partial charge in [-0.2, -0.15) is 0 Å². The van der Waals surface area contributed by atoms with Crippen molar-refractivity contribution >= 4 is 11.5 Å². The number of rotatable bonds is 5. The molecule has 0 saturated carbocycles. The average Bonchev–Trinajstić information content (AvgIpc) is 2.16. The molecule has 0 saturated heterocycles. The first-order chi connectivity index (χ1) is 7.50. The number of halogens is 1. The number of ether oxygens (including phenoxy) is 1. The lowest BCUT2D eigenvalue weighted by Gasteiger charge is -2.05. The molecule has 0 atom stereocenters. The topological polar surface area (TPSA) is 102 Å². The van der Waals surface area contributed by atoms with Gasteiger partial charge in [-0.15, -0.1) is 0 Å². The molecule has 0 unspecified atom stereocenters. The highest BCUT2D eigenvalue weighted by atomic mass is 19.1. The summed E-state index contributed by atoms with van der Waals surface area (Å²) < 4.78 is 17.8. The Bertz CT molecular complexity index is 422. The van der Waals surface area contributed by atoms with Crippen LogP contribution in [0.5, 0.6) is 5.75 Å². The first kappa shape index (κ1) is 11.9. The summed E-state index contributed by atoms with van der Waals surface area (Å²) in [5, 5.41) is 17.5. The summed E-state index contributed by atoms with van der Waals surface area (Å²) >= 11 is 0. The first-order valence-electron chi connectivity index (χ1n) is 4.40. The molecule has 0 aromatic heterocycles. The number of nitrogens with one attached hydrogen (secondary N) is 1. The highest BCUT2D eigenvalue weighted by molar-refractivity contribution is 5.76. The summed E-state index contributed by atoms with van der Waals surface area (Å²) in [6, 6.07) is 2.94. The molecule has 1 aromatic rings. The second kappa shape index (κ2) is 5.06. The molecule has 1 aromatic carbocycles. The van der Waals surface area contributed by atoms with E-state index in [0.29, 0.717) is 0 Å². The van der Waals surface area contributed by atoms with Crippen molar-refractivity contribution in [2.24, 2.45) is 5.73 Å². The van der Waals surface area contributed by atoms with Gasteiger partial charge in [0.25, 0.3) is 0 Å². The van der Waals surface area contributed by atoms with Gasteiger partial charge in [-0.3, -0.25) is 15.5 Å². The van der Waals surface area contributed by atoms with Gasteiger partial charge < -0.3 is 10.5 Å². The van der Waals surface area contributed by atoms with E-state index in [1.165, 1.54) is 0 Å². The van der Waals surface area contributed by atoms with Crippen LogP contribution in [0.15, 0.2) is 18.2 Å². The number of nitro groups is 1. The van der Waals surface area contributed by atoms with Gasteiger partial charge >= 0.3 is 5.69 Å². The third kappa shape index (κ3) is 3.19. The quantitative estimate of drug-likeness (QED) is 0.344. The van der Waals surface area contributed by atoms with Crippen molar-refractivity contribution in [3.63, 3.8) is 0 Å². The highest BCUT2D eigenvalue weighted by Gasteiger charge is 2.15. The van der Waals surface area contributed by atoms with E-state index in [4.69, 9.17) is 15.9 Å². The van der Waals surface area contributed by atoms with Crippen LogP contribution in [-0.4, -0.2) is 17.4 Å². The van der Waals surface area contributed by atoms with Crippen LogP contribution in [-0.2, 0) is 0 Å². The minimum Gasteiger partial charge on any atom is -0.486 e. The zero-order chi connectivity index (χ0) is 12.1. The third-order valence-corrected chi connectivity index (χ3v) is 1.75. The number of hydrogen-bond donors (Lipinski definition) is 2. The molecular formula is C9H10FN3O3. The molecule has 0 heterocycles. The Morgan fingerprint density at radius 3 is 2.88 bits per heavy atom. The summed E-state index contributed by atoms with van der Waals surface area (Å²) in [4.78, 5) is 9.90. The number of nitrogens with two attached hydrogens (primary N) is 1. The van der Waals surface area contributed by atoms with Crippen LogP contribution in [0.3, 0.4) is 0 Å². The van der Waals surface area contributed by atoms with Gasteiger partial charge in [-0.1, -0.05) is 0 Å². The lowest BCUT2D eigenvalue weighted by molar-refractivity contribution is -0.385. The predicted molar refractivity (Wildman–Crippen MR) is 55.1 cm³/mol. The second-order valence-electron chi connectivity index (χ2n) is 2.99. The summed E-state index contributed by atoms with van der Waals surface area (Å²) in [5.74, 6) is -0.881. The fourth-order valence-electron chi connectivity index (χ4n) is 1.03. The second-order valence-corrected chi connectivity index (χ2v) is 2.99. The molecule has 1 rings (SSSR count). The van der Waals surface area contributed by atoms with Gasteiger partial charge in [0.1, 0.15) is 5.82 Å². The van der Waals surface area contributed by atoms with Crippen LogP contribution in [0.4, 0.5) is 10.1 Å². The molecule has 0 radical (unpaired) electrons. The van der Waals surface area contributed by atoms with Crippen molar-refractivity contribution in [3.05, 3.63) is 34.1 Å². The van der Waals surface area contributed by atoms with E-state index in [-0.39, 0.29) is 30.3 Å². The van der Waals surface area contributed by atoms with Crippen LogP contribution in [0.2, 0.25) is 0 Å². The molecule has 0 bridgehead atoms. The summed E-state index contributed by atoms with van der Waals surface area (Å²) in [7, 11) is 0. The molecule has 0 amide bonds. The number of nitro benzene ring substituents is 1. The molecule has 86 valence electrons. The Hall–Kier alpha value is -2.18. The maximum Gasteiger partial charge on any atom is 0.311 e. The maximum absolute atomic E-state index is 12.8. The fraction of sp³-hybridized carbons (Fsp3) is 0.222. The van der Waals surface area contributed by atoms with E-state index in [1.54, 1.807) is 0 Å². The van der Waals surface area contributed by atoms with Crippen LogP contribution < -0.4 is 10.5 Å². The molecule has 16 heavy (non-hydrogen) atoms. The Morgan fingerprint density at radius 1 is 1.62 bits per heavy atom. The Balaban J connectivity index is 2.80. The van der Waals surface area contributed by atoms with Crippen LogP contribution in [0, 0.1) is 21.3 Å². The van der Waals surface area contributed by atoms with E-state index in [1.807, 2.05) is 0 Å². The molecular weight excluding hydrogens is 217 g/mol. The van der Waals surface area contributed by atoms with Gasteiger partial charge in [0, 0.05) is 18.6 Å². The van der Waals surface area contributed by atoms with E-state index in [0.717, 1.165) is 18.2 Å². The molecule has 0 spiro atoms. The van der Waals surface area contributed by atoms with Gasteiger partial charge in [0.05, 0.1) is 17.4 Å². The largest absolute Gasteiger partial charge is 0.486 e. The van der Waals surface area contributed by atoms with Gasteiger partial charge in [0.15, 0.2) is 5.75 Å². The third-order valence-electron chi connectivity index (χ3n) is 1.75. The van der Waals surface area contributed by atoms with Gasteiger partial charge in [0.2, 0.25) is 0 Å². The minimum atomic E-state index is -0.664. The summed E-state index contributed by atoms with van der Waals surface area (Å²) in [5.41, 5.74) is 4.76. The summed E-state index contributed by atoms with van der Waals surface area (Å²) in [6.45, 7) is -0.000370. The normalized spacial score (nSPS) is 9.81. The summed E-state index contributed by atoms with van der Waals surface area (Å²) in [6.07, 6.45) is 0.133. The van der Waals surface area contributed by atoms with Crippen molar-refractivity contribution in [1.82, 2.24) is 0 Å². The van der Waals surface area contributed by atoms with Crippen molar-refractivity contribution in [2.45, 2.75) is 6.42 Å².